The molecule has 0 saturated carbocycles. The van der Waals surface area contributed by atoms with Crippen LogP contribution in [0.2, 0.25) is 0 Å². The zero-order valence-corrected chi connectivity index (χ0v) is 12.8. The molecular weight excluding hydrogens is 262 g/mol. The number of hydrogen-bond donors (Lipinski definition) is 1. The SMILES string of the molecule is CCCNc1ccc(C(=O)N(C)c2cccc(C)c2)nc1. The lowest BCUT2D eigenvalue weighted by molar-refractivity contribution is 0.0988. The summed E-state index contributed by atoms with van der Waals surface area (Å²) in [6.07, 6.45) is 2.75. The van der Waals surface area contributed by atoms with Gasteiger partial charge in [0.1, 0.15) is 5.69 Å². The maximum atomic E-state index is 12.4. The van der Waals surface area contributed by atoms with E-state index in [4.69, 9.17) is 0 Å². The number of hydrogen-bond acceptors (Lipinski definition) is 3. The summed E-state index contributed by atoms with van der Waals surface area (Å²) in [7, 11) is 1.77. The average molecular weight is 283 g/mol. The van der Waals surface area contributed by atoms with Crippen molar-refractivity contribution in [1.82, 2.24) is 4.98 Å². The minimum absolute atomic E-state index is 0.109. The van der Waals surface area contributed by atoms with E-state index in [0.29, 0.717) is 5.69 Å². The highest BCUT2D eigenvalue weighted by Crippen LogP contribution is 2.17. The molecule has 0 fully saturated rings. The number of nitrogens with one attached hydrogen (secondary N) is 1. The van der Waals surface area contributed by atoms with E-state index < -0.39 is 0 Å². The molecular formula is C17H21N3O. The molecule has 0 atom stereocenters. The van der Waals surface area contributed by atoms with Gasteiger partial charge >= 0.3 is 0 Å². The van der Waals surface area contributed by atoms with E-state index in [2.05, 4.69) is 17.2 Å². The molecule has 0 aliphatic rings. The molecule has 0 bridgehead atoms. The Kier molecular flexibility index (Phi) is 4.93. The largest absolute Gasteiger partial charge is 0.384 e. The van der Waals surface area contributed by atoms with Crippen molar-refractivity contribution in [2.45, 2.75) is 20.3 Å². The smallest absolute Gasteiger partial charge is 0.276 e. The van der Waals surface area contributed by atoms with Crippen LogP contribution < -0.4 is 10.2 Å². The Labute approximate surface area is 125 Å². The van der Waals surface area contributed by atoms with Crippen LogP contribution in [0.1, 0.15) is 29.4 Å². The first-order chi connectivity index (χ1) is 10.1. The van der Waals surface area contributed by atoms with Crippen LogP contribution in [0, 0.1) is 6.92 Å². The van der Waals surface area contributed by atoms with E-state index in [1.54, 1.807) is 24.2 Å². The van der Waals surface area contributed by atoms with Gasteiger partial charge in [-0.1, -0.05) is 19.1 Å². The number of nitrogens with zero attached hydrogens (tertiary/aromatic N) is 2. The number of anilines is 2. The molecule has 0 radical (unpaired) electrons. The molecule has 0 aliphatic carbocycles. The summed E-state index contributed by atoms with van der Waals surface area (Å²) in [5.74, 6) is -0.109. The first kappa shape index (κ1) is 15.0. The molecule has 4 heteroatoms. The number of carbonyl (C=O) groups excluding carboxylic acids is 1. The van der Waals surface area contributed by atoms with Crippen molar-refractivity contribution in [2.75, 3.05) is 23.8 Å². The number of benzene rings is 1. The molecule has 110 valence electrons. The van der Waals surface area contributed by atoms with Crippen LogP contribution in [0.15, 0.2) is 42.6 Å². The van der Waals surface area contributed by atoms with Crippen LogP contribution in [-0.4, -0.2) is 24.5 Å². The lowest BCUT2D eigenvalue weighted by Gasteiger charge is -2.17. The van der Waals surface area contributed by atoms with Gasteiger partial charge in [-0.2, -0.15) is 0 Å². The molecule has 0 unspecified atom stereocenters. The number of amides is 1. The average Bonchev–Trinajstić information content (AvgIpc) is 2.52. The second-order valence-corrected chi connectivity index (χ2v) is 5.06. The summed E-state index contributed by atoms with van der Waals surface area (Å²) >= 11 is 0. The fraction of sp³-hybridized carbons (Fsp3) is 0.294. The Hall–Kier alpha value is -2.36. The normalized spacial score (nSPS) is 10.2. The van der Waals surface area contributed by atoms with E-state index in [1.165, 1.54) is 0 Å². The van der Waals surface area contributed by atoms with Gasteiger partial charge in [-0.15, -0.1) is 0 Å². The third kappa shape index (κ3) is 3.81. The molecule has 1 aromatic heterocycles. The first-order valence-corrected chi connectivity index (χ1v) is 7.16. The number of carbonyl (C=O) groups is 1. The summed E-state index contributed by atoms with van der Waals surface area (Å²) in [5.41, 5.74) is 3.38. The fourth-order valence-corrected chi connectivity index (χ4v) is 2.02. The summed E-state index contributed by atoms with van der Waals surface area (Å²) in [6.45, 7) is 5.02. The molecule has 0 saturated heterocycles. The summed E-state index contributed by atoms with van der Waals surface area (Å²) in [5, 5.41) is 3.24. The Bertz CT molecular complexity index is 608. The van der Waals surface area contributed by atoms with Gasteiger partial charge in [0.25, 0.3) is 5.91 Å². The molecule has 1 amide bonds. The summed E-state index contributed by atoms with van der Waals surface area (Å²) in [6, 6.07) is 11.5. The third-order valence-electron chi connectivity index (χ3n) is 3.26. The Balaban J connectivity index is 2.12. The van der Waals surface area contributed by atoms with Crippen LogP contribution in [0.5, 0.6) is 0 Å². The Morgan fingerprint density at radius 1 is 1.29 bits per heavy atom. The summed E-state index contributed by atoms with van der Waals surface area (Å²) in [4.78, 5) is 18.3. The number of rotatable bonds is 5. The predicted molar refractivity (Wildman–Crippen MR) is 86.9 cm³/mol. The first-order valence-electron chi connectivity index (χ1n) is 7.16. The fourth-order valence-electron chi connectivity index (χ4n) is 2.02. The maximum absolute atomic E-state index is 12.4. The summed E-state index contributed by atoms with van der Waals surface area (Å²) < 4.78 is 0. The van der Waals surface area contributed by atoms with Gasteiger partial charge in [-0.3, -0.25) is 4.79 Å². The minimum atomic E-state index is -0.109. The van der Waals surface area contributed by atoms with E-state index in [0.717, 1.165) is 29.9 Å². The highest BCUT2D eigenvalue weighted by Gasteiger charge is 2.14. The van der Waals surface area contributed by atoms with Crippen LogP contribution in [0.4, 0.5) is 11.4 Å². The van der Waals surface area contributed by atoms with Crippen molar-refractivity contribution in [3.63, 3.8) is 0 Å². The molecule has 1 N–H and O–H groups in total. The minimum Gasteiger partial charge on any atom is -0.384 e. The van der Waals surface area contributed by atoms with Crippen molar-refractivity contribution >= 4 is 17.3 Å². The van der Waals surface area contributed by atoms with Crippen molar-refractivity contribution in [1.29, 1.82) is 0 Å². The van der Waals surface area contributed by atoms with Gasteiger partial charge in [-0.05, 0) is 43.2 Å². The zero-order chi connectivity index (χ0) is 15.2. The molecule has 21 heavy (non-hydrogen) atoms. The number of aromatic nitrogens is 1. The van der Waals surface area contributed by atoms with Gasteiger partial charge in [0, 0.05) is 19.3 Å². The monoisotopic (exact) mass is 283 g/mol. The standard InChI is InChI=1S/C17H21N3O/c1-4-10-18-14-8-9-16(19-12-14)17(21)20(3)15-7-5-6-13(2)11-15/h5-9,11-12,18H,4,10H2,1-3H3. The highest BCUT2D eigenvalue weighted by atomic mass is 16.2. The predicted octanol–water partition coefficient (Wildman–Crippen LogP) is 3.49. The molecule has 2 rings (SSSR count). The quantitative estimate of drug-likeness (QED) is 0.913. The van der Waals surface area contributed by atoms with Crippen LogP contribution in [-0.2, 0) is 0 Å². The van der Waals surface area contributed by atoms with Crippen molar-refractivity contribution in [3.05, 3.63) is 53.9 Å². The second-order valence-electron chi connectivity index (χ2n) is 5.06. The van der Waals surface area contributed by atoms with Gasteiger partial charge in [0.2, 0.25) is 0 Å². The van der Waals surface area contributed by atoms with E-state index in [1.807, 2.05) is 37.3 Å². The van der Waals surface area contributed by atoms with Gasteiger partial charge in [0.05, 0.1) is 11.9 Å². The highest BCUT2D eigenvalue weighted by molar-refractivity contribution is 6.04. The lowest BCUT2D eigenvalue weighted by Crippen LogP contribution is -2.27. The molecule has 4 nitrogen and oxygen atoms in total. The maximum Gasteiger partial charge on any atom is 0.276 e. The molecule has 1 aromatic carbocycles. The molecule has 0 spiro atoms. The van der Waals surface area contributed by atoms with Crippen molar-refractivity contribution < 1.29 is 4.79 Å². The van der Waals surface area contributed by atoms with E-state index in [9.17, 15) is 4.79 Å². The van der Waals surface area contributed by atoms with E-state index in [-0.39, 0.29) is 5.91 Å². The van der Waals surface area contributed by atoms with Crippen LogP contribution >= 0.6 is 0 Å². The molecule has 1 heterocycles. The van der Waals surface area contributed by atoms with Gasteiger partial charge in [0.15, 0.2) is 0 Å². The van der Waals surface area contributed by atoms with Gasteiger partial charge < -0.3 is 10.2 Å². The number of pyridine rings is 1. The Morgan fingerprint density at radius 3 is 2.71 bits per heavy atom. The van der Waals surface area contributed by atoms with Crippen LogP contribution in [0.25, 0.3) is 0 Å². The zero-order valence-electron chi connectivity index (χ0n) is 12.8. The topological polar surface area (TPSA) is 45.2 Å². The van der Waals surface area contributed by atoms with Crippen LogP contribution in [0.3, 0.4) is 0 Å². The van der Waals surface area contributed by atoms with Crippen molar-refractivity contribution in [2.24, 2.45) is 0 Å². The Morgan fingerprint density at radius 2 is 2.10 bits per heavy atom. The van der Waals surface area contributed by atoms with E-state index >= 15 is 0 Å². The molecule has 0 aliphatic heterocycles. The third-order valence-corrected chi connectivity index (χ3v) is 3.26. The molecule has 2 aromatic rings. The number of aryl methyl sites for hydroxylation is 1. The second kappa shape index (κ2) is 6.88. The van der Waals surface area contributed by atoms with Crippen molar-refractivity contribution in [3.8, 4) is 0 Å². The van der Waals surface area contributed by atoms with Gasteiger partial charge in [-0.25, -0.2) is 4.98 Å². The lowest BCUT2D eigenvalue weighted by atomic mass is 10.2.